The number of carbonyl (C=O) groups excluding carboxylic acids is 1. The van der Waals surface area contributed by atoms with E-state index in [4.69, 9.17) is 4.42 Å². The number of aryl methyl sites for hydroxylation is 2. The van der Waals surface area contributed by atoms with Gasteiger partial charge in [-0.25, -0.2) is 4.98 Å². The molecule has 0 spiro atoms. The van der Waals surface area contributed by atoms with Crippen LogP contribution in [-0.4, -0.2) is 38.4 Å². The number of likely N-dealkylation sites (tertiary alicyclic amines) is 1. The number of hydrogen-bond donors (Lipinski definition) is 0. The van der Waals surface area contributed by atoms with E-state index in [1.54, 1.807) is 6.20 Å². The Labute approximate surface area is 158 Å². The molecule has 1 fully saturated rings. The molecule has 0 bridgehead atoms. The summed E-state index contributed by atoms with van der Waals surface area (Å²) in [6, 6.07) is 5.85. The first kappa shape index (κ1) is 17.5. The average molecular weight is 364 g/mol. The van der Waals surface area contributed by atoms with E-state index in [9.17, 15) is 4.79 Å². The molecule has 0 radical (unpaired) electrons. The number of pyridine rings is 1. The van der Waals surface area contributed by atoms with E-state index in [2.05, 4.69) is 20.6 Å². The summed E-state index contributed by atoms with van der Waals surface area (Å²) in [5.41, 5.74) is 1.82. The lowest BCUT2D eigenvalue weighted by atomic mass is 9.96. The Bertz CT molecular complexity index is 929. The molecular weight excluding hydrogens is 340 g/mol. The number of furan rings is 1. The zero-order valence-corrected chi connectivity index (χ0v) is 15.8. The maximum atomic E-state index is 13.0. The van der Waals surface area contributed by atoms with Crippen molar-refractivity contribution in [3.8, 4) is 0 Å². The maximum absolute atomic E-state index is 13.0. The van der Waals surface area contributed by atoms with Gasteiger partial charge in [0, 0.05) is 43.8 Å². The molecule has 0 aliphatic carbocycles. The van der Waals surface area contributed by atoms with E-state index in [1.807, 2.05) is 49.5 Å². The highest BCUT2D eigenvalue weighted by Gasteiger charge is 2.29. The third-order valence-corrected chi connectivity index (χ3v) is 5.17. The van der Waals surface area contributed by atoms with E-state index >= 15 is 0 Å². The molecule has 0 N–H and O–H groups in total. The Kier molecular flexibility index (Phi) is 4.79. The quantitative estimate of drug-likeness (QED) is 0.710. The monoisotopic (exact) mass is 364 g/mol. The fraction of sp³-hybridized carbons (Fsp3) is 0.381. The molecule has 3 aromatic rings. The van der Waals surface area contributed by atoms with Gasteiger partial charge in [0.2, 0.25) is 0 Å². The molecule has 1 aliphatic heterocycles. The second kappa shape index (κ2) is 7.39. The summed E-state index contributed by atoms with van der Waals surface area (Å²) >= 11 is 0. The van der Waals surface area contributed by atoms with Crippen LogP contribution in [0.4, 0.5) is 0 Å². The van der Waals surface area contributed by atoms with E-state index in [1.165, 1.54) is 0 Å². The summed E-state index contributed by atoms with van der Waals surface area (Å²) in [5, 5.41) is 0. The highest BCUT2D eigenvalue weighted by molar-refractivity contribution is 5.95. The van der Waals surface area contributed by atoms with Crippen LogP contribution in [0, 0.1) is 13.8 Å². The zero-order chi connectivity index (χ0) is 18.8. The van der Waals surface area contributed by atoms with Crippen molar-refractivity contribution >= 4 is 5.91 Å². The number of piperidine rings is 1. The summed E-state index contributed by atoms with van der Waals surface area (Å²) in [6.07, 6.45) is 9.53. The molecule has 0 aromatic carbocycles. The number of rotatable bonds is 4. The van der Waals surface area contributed by atoms with Gasteiger partial charge in [-0.05, 0) is 44.4 Å². The molecule has 140 valence electrons. The van der Waals surface area contributed by atoms with Gasteiger partial charge in [0.1, 0.15) is 17.3 Å². The summed E-state index contributed by atoms with van der Waals surface area (Å²) in [5.74, 6) is 2.80. The second-order valence-electron chi connectivity index (χ2n) is 7.19. The number of amides is 1. The SMILES string of the molecule is Cc1cc(C(=O)N2CCC[C@@H](c3nccn3Cc3cccnc3)C2)c(C)o1. The van der Waals surface area contributed by atoms with E-state index in [0.29, 0.717) is 17.9 Å². The normalized spacial score (nSPS) is 17.3. The predicted octanol–water partition coefficient (Wildman–Crippen LogP) is 3.56. The fourth-order valence-corrected chi connectivity index (χ4v) is 3.89. The van der Waals surface area contributed by atoms with Gasteiger partial charge in [0.05, 0.1) is 12.1 Å². The molecule has 3 aromatic heterocycles. The van der Waals surface area contributed by atoms with Crippen molar-refractivity contribution in [2.75, 3.05) is 13.1 Å². The molecule has 1 saturated heterocycles. The largest absolute Gasteiger partial charge is 0.466 e. The summed E-state index contributed by atoms with van der Waals surface area (Å²) in [6.45, 7) is 5.93. The minimum absolute atomic E-state index is 0.0550. The maximum Gasteiger partial charge on any atom is 0.257 e. The van der Waals surface area contributed by atoms with Crippen LogP contribution in [-0.2, 0) is 6.54 Å². The van der Waals surface area contributed by atoms with E-state index in [0.717, 1.165) is 43.1 Å². The predicted molar refractivity (Wildman–Crippen MR) is 102 cm³/mol. The zero-order valence-electron chi connectivity index (χ0n) is 15.8. The number of hydrogen-bond acceptors (Lipinski definition) is 4. The van der Waals surface area contributed by atoms with Crippen molar-refractivity contribution in [2.24, 2.45) is 0 Å². The second-order valence-corrected chi connectivity index (χ2v) is 7.19. The Morgan fingerprint density at radius 2 is 2.22 bits per heavy atom. The van der Waals surface area contributed by atoms with Crippen molar-refractivity contribution in [3.05, 3.63) is 71.5 Å². The summed E-state index contributed by atoms with van der Waals surface area (Å²) in [7, 11) is 0. The highest BCUT2D eigenvalue weighted by atomic mass is 16.3. The van der Waals surface area contributed by atoms with Crippen molar-refractivity contribution < 1.29 is 9.21 Å². The Morgan fingerprint density at radius 1 is 1.33 bits per heavy atom. The third-order valence-electron chi connectivity index (χ3n) is 5.17. The van der Waals surface area contributed by atoms with Crippen molar-refractivity contribution in [1.82, 2.24) is 19.4 Å². The van der Waals surface area contributed by atoms with E-state index in [-0.39, 0.29) is 11.8 Å². The van der Waals surface area contributed by atoms with Gasteiger partial charge in [-0.3, -0.25) is 9.78 Å². The van der Waals surface area contributed by atoms with Crippen LogP contribution in [0.15, 0.2) is 47.4 Å². The van der Waals surface area contributed by atoms with Crippen LogP contribution < -0.4 is 0 Å². The lowest BCUT2D eigenvalue weighted by Gasteiger charge is -2.32. The van der Waals surface area contributed by atoms with Gasteiger partial charge < -0.3 is 13.9 Å². The molecule has 4 rings (SSSR count). The average Bonchev–Trinajstić information content (AvgIpc) is 3.28. The van der Waals surface area contributed by atoms with Crippen LogP contribution in [0.25, 0.3) is 0 Å². The minimum atomic E-state index is 0.0550. The molecular formula is C21H24N4O2. The Morgan fingerprint density at radius 3 is 2.96 bits per heavy atom. The number of imidazole rings is 1. The van der Waals surface area contributed by atoms with Crippen molar-refractivity contribution in [2.45, 2.75) is 39.2 Å². The van der Waals surface area contributed by atoms with Gasteiger partial charge in [0.15, 0.2) is 0 Å². The van der Waals surface area contributed by atoms with Crippen LogP contribution in [0.1, 0.15) is 52.0 Å². The summed E-state index contributed by atoms with van der Waals surface area (Å²) in [4.78, 5) is 23.7. The lowest BCUT2D eigenvalue weighted by Crippen LogP contribution is -2.39. The summed E-state index contributed by atoms with van der Waals surface area (Å²) < 4.78 is 7.71. The highest BCUT2D eigenvalue weighted by Crippen LogP contribution is 2.28. The first-order valence-electron chi connectivity index (χ1n) is 9.38. The molecule has 0 unspecified atom stereocenters. The molecule has 6 heteroatoms. The first-order valence-corrected chi connectivity index (χ1v) is 9.38. The van der Waals surface area contributed by atoms with Gasteiger partial charge >= 0.3 is 0 Å². The van der Waals surface area contributed by atoms with Crippen molar-refractivity contribution in [3.63, 3.8) is 0 Å². The Hall–Kier alpha value is -2.89. The molecule has 4 heterocycles. The van der Waals surface area contributed by atoms with Crippen LogP contribution in [0.3, 0.4) is 0 Å². The molecule has 1 aliphatic rings. The molecule has 27 heavy (non-hydrogen) atoms. The van der Waals surface area contributed by atoms with Crippen LogP contribution >= 0.6 is 0 Å². The molecule has 0 saturated carbocycles. The standard InChI is InChI=1S/C21H24N4O2/c1-15-11-19(16(2)27-15)21(26)25-9-4-6-18(14-25)20-23-8-10-24(20)13-17-5-3-7-22-12-17/h3,5,7-8,10-12,18H,4,6,9,13-14H2,1-2H3/t18-/m1/s1. The van der Waals surface area contributed by atoms with E-state index < -0.39 is 0 Å². The minimum Gasteiger partial charge on any atom is -0.466 e. The number of nitrogens with zero attached hydrogens (tertiary/aromatic N) is 4. The van der Waals surface area contributed by atoms with Crippen LogP contribution in [0.5, 0.6) is 0 Å². The first-order chi connectivity index (χ1) is 13.1. The van der Waals surface area contributed by atoms with Gasteiger partial charge in [-0.15, -0.1) is 0 Å². The van der Waals surface area contributed by atoms with Crippen LogP contribution in [0.2, 0.25) is 0 Å². The number of aromatic nitrogens is 3. The molecule has 1 atom stereocenters. The fourth-order valence-electron chi connectivity index (χ4n) is 3.89. The van der Waals surface area contributed by atoms with Gasteiger partial charge in [0.25, 0.3) is 5.91 Å². The molecule has 6 nitrogen and oxygen atoms in total. The van der Waals surface area contributed by atoms with Crippen molar-refractivity contribution in [1.29, 1.82) is 0 Å². The lowest BCUT2D eigenvalue weighted by molar-refractivity contribution is 0.0701. The molecule has 1 amide bonds. The van der Waals surface area contributed by atoms with Gasteiger partial charge in [-0.1, -0.05) is 6.07 Å². The third kappa shape index (κ3) is 3.65. The van der Waals surface area contributed by atoms with Gasteiger partial charge in [-0.2, -0.15) is 0 Å². The smallest absolute Gasteiger partial charge is 0.257 e. The topological polar surface area (TPSA) is 64.2 Å². The Balaban J connectivity index is 1.51. The number of carbonyl (C=O) groups is 1.